The predicted molar refractivity (Wildman–Crippen MR) is 82.1 cm³/mol. The Balaban J connectivity index is 1.76. The van der Waals surface area contributed by atoms with Crippen molar-refractivity contribution in [1.29, 1.82) is 0 Å². The van der Waals surface area contributed by atoms with Crippen LogP contribution in [0, 0.1) is 0 Å². The molecule has 0 radical (unpaired) electrons. The first-order valence-electron chi connectivity index (χ1n) is 7.70. The Morgan fingerprint density at radius 3 is 2.36 bits per heavy atom. The number of amides is 2. The molecule has 2 rings (SSSR count). The molecule has 0 aromatic rings. The summed E-state index contributed by atoms with van der Waals surface area (Å²) >= 11 is 1.83. The molecule has 128 valence electrons. The Morgan fingerprint density at radius 2 is 1.86 bits per heavy atom. The van der Waals surface area contributed by atoms with Crippen molar-refractivity contribution in [2.45, 2.75) is 49.7 Å². The largest absolute Gasteiger partial charge is 0.403 e. The first-order chi connectivity index (χ1) is 10.3. The zero-order valence-electron chi connectivity index (χ0n) is 13.0. The smallest absolute Gasteiger partial charge is 0.335 e. The van der Waals surface area contributed by atoms with Gasteiger partial charge in [-0.1, -0.05) is 0 Å². The summed E-state index contributed by atoms with van der Waals surface area (Å²) in [6, 6.07) is -1.38. The lowest BCUT2D eigenvalue weighted by Gasteiger charge is -2.38. The second-order valence-electron chi connectivity index (χ2n) is 6.06. The average Bonchev–Trinajstić information content (AvgIpc) is 2.93. The third kappa shape index (κ3) is 4.44. The SMILES string of the molecule is CS[C@@H]1CC[C@@H](NC(=O)N2CCN([C@H](C)C(F)(F)F)CC2)C1. The molecule has 1 aliphatic heterocycles. The number of hydrogen-bond donors (Lipinski definition) is 1. The van der Waals surface area contributed by atoms with Gasteiger partial charge in [-0.05, 0) is 32.4 Å². The van der Waals surface area contributed by atoms with Gasteiger partial charge >= 0.3 is 12.2 Å². The molecule has 0 unspecified atom stereocenters. The molecule has 1 saturated carbocycles. The Kier molecular flexibility index (Phi) is 5.87. The van der Waals surface area contributed by atoms with E-state index in [0.29, 0.717) is 18.3 Å². The molecule has 3 atom stereocenters. The van der Waals surface area contributed by atoms with Gasteiger partial charge in [-0.15, -0.1) is 0 Å². The number of rotatable bonds is 3. The lowest BCUT2D eigenvalue weighted by atomic mass is 10.2. The summed E-state index contributed by atoms with van der Waals surface area (Å²) < 4.78 is 38.1. The van der Waals surface area contributed by atoms with Crippen LogP contribution in [0.15, 0.2) is 0 Å². The lowest BCUT2D eigenvalue weighted by Crippen LogP contribution is -2.57. The van der Waals surface area contributed by atoms with Gasteiger partial charge in [0.2, 0.25) is 0 Å². The summed E-state index contributed by atoms with van der Waals surface area (Å²) in [5, 5.41) is 3.63. The standard InChI is InChI=1S/C14H24F3N3OS/c1-10(14(15,16)17)19-5-7-20(8-6-19)13(21)18-11-3-4-12(9-11)22-2/h10-12H,3-9H2,1-2H3,(H,18,21)/t10-,11-,12-/m1/s1. The van der Waals surface area contributed by atoms with Crippen LogP contribution in [-0.2, 0) is 0 Å². The van der Waals surface area contributed by atoms with Crippen LogP contribution in [0.5, 0.6) is 0 Å². The van der Waals surface area contributed by atoms with E-state index in [2.05, 4.69) is 11.6 Å². The zero-order valence-corrected chi connectivity index (χ0v) is 13.8. The molecule has 4 nitrogen and oxygen atoms in total. The number of halogens is 3. The number of carbonyl (C=O) groups is 1. The molecule has 2 aliphatic rings. The minimum Gasteiger partial charge on any atom is -0.335 e. The molecular weight excluding hydrogens is 315 g/mol. The van der Waals surface area contributed by atoms with Gasteiger partial charge in [-0.2, -0.15) is 24.9 Å². The molecule has 8 heteroatoms. The normalized spacial score (nSPS) is 28.7. The van der Waals surface area contributed by atoms with Gasteiger partial charge in [-0.25, -0.2) is 4.79 Å². The predicted octanol–water partition coefficient (Wildman–Crippen LogP) is 2.55. The fourth-order valence-corrected chi connectivity index (χ4v) is 3.87. The number of urea groups is 1. The molecule has 2 amide bonds. The first-order valence-corrected chi connectivity index (χ1v) is 8.99. The number of alkyl halides is 3. The Labute approximate surface area is 133 Å². The number of thioether (sulfide) groups is 1. The number of carbonyl (C=O) groups excluding carboxylic acids is 1. The third-order valence-corrected chi connectivity index (χ3v) is 5.76. The summed E-state index contributed by atoms with van der Waals surface area (Å²) in [5.74, 6) is 0. The van der Waals surface area contributed by atoms with Gasteiger partial charge in [0.25, 0.3) is 0 Å². The van der Waals surface area contributed by atoms with E-state index in [1.165, 1.54) is 11.8 Å². The lowest BCUT2D eigenvalue weighted by molar-refractivity contribution is -0.181. The Morgan fingerprint density at radius 1 is 1.23 bits per heavy atom. The second kappa shape index (κ2) is 7.29. The van der Waals surface area contributed by atoms with Crippen molar-refractivity contribution in [3.63, 3.8) is 0 Å². The van der Waals surface area contributed by atoms with E-state index in [-0.39, 0.29) is 25.2 Å². The van der Waals surface area contributed by atoms with Crippen molar-refractivity contribution in [1.82, 2.24) is 15.1 Å². The first kappa shape index (κ1) is 17.7. The summed E-state index contributed by atoms with van der Waals surface area (Å²) in [6.07, 6.45) is 0.959. The highest BCUT2D eigenvalue weighted by molar-refractivity contribution is 7.99. The molecule has 1 N–H and O–H groups in total. The fraction of sp³-hybridized carbons (Fsp3) is 0.929. The number of piperazine rings is 1. The summed E-state index contributed by atoms with van der Waals surface area (Å²) in [6.45, 7) is 2.42. The van der Waals surface area contributed by atoms with Crippen LogP contribution >= 0.6 is 11.8 Å². The van der Waals surface area contributed by atoms with Gasteiger partial charge in [0, 0.05) is 37.5 Å². The summed E-state index contributed by atoms with van der Waals surface area (Å²) in [5.41, 5.74) is 0. The van der Waals surface area contributed by atoms with Crippen LogP contribution in [0.4, 0.5) is 18.0 Å². The second-order valence-corrected chi connectivity index (χ2v) is 7.20. The topological polar surface area (TPSA) is 35.6 Å². The number of nitrogens with zero attached hydrogens (tertiary/aromatic N) is 2. The molecule has 0 aromatic carbocycles. The molecule has 0 aromatic heterocycles. The van der Waals surface area contributed by atoms with Crippen molar-refractivity contribution < 1.29 is 18.0 Å². The Hall–Kier alpha value is -0.630. The van der Waals surface area contributed by atoms with Crippen LogP contribution in [0.1, 0.15) is 26.2 Å². The molecule has 22 heavy (non-hydrogen) atoms. The van der Waals surface area contributed by atoms with E-state index in [1.54, 1.807) is 4.90 Å². The van der Waals surface area contributed by atoms with E-state index in [1.807, 2.05) is 11.8 Å². The van der Waals surface area contributed by atoms with Gasteiger partial charge in [0.15, 0.2) is 0 Å². The van der Waals surface area contributed by atoms with Crippen molar-refractivity contribution >= 4 is 17.8 Å². The quantitative estimate of drug-likeness (QED) is 0.858. The van der Waals surface area contributed by atoms with E-state index in [4.69, 9.17) is 0 Å². The highest BCUT2D eigenvalue weighted by Gasteiger charge is 2.41. The highest BCUT2D eigenvalue weighted by atomic mass is 32.2. The molecular formula is C14H24F3N3OS. The van der Waals surface area contributed by atoms with Gasteiger partial charge < -0.3 is 10.2 Å². The average molecular weight is 339 g/mol. The molecule has 0 bridgehead atoms. The third-order valence-electron chi connectivity index (χ3n) is 4.67. The zero-order chi connectivity index (χ0) is 16.3. The van der Waals surface area contributed by atoms with Crippen LogP contribution < -0.4 is 5.32 Å². The Bertz CT molecular complexity index is 386. The van der Waals surface area contributed by atoms with Crippen molar-refractivity contribution in [3.05, 3.63) is 0 Å². The van der Waals surface area contributed by atoms with E-state index < -0.39 is 12.2 Å². The minimum atomic E-state index is -4.21. The van der Waals surface area contributed by atoms with Crippen LogP contribution in [0.2, 0.25) is 0 Å². The monoisotopic (exact) mass is 339 g/mol. The number of nitrogens with one attached hydrogen (secondary N) is 1. The van der Waals surface area contributed by atoms with Crippen molar-refractivity contribution in [2.24, 2.45) is 0 Å². The molecule has 2 fully saturated rings. The van der Waals surface area contributed by atoms with Gasteiger partial charge in [-0.3, -0.25) is 4.90 Å². The van der Waals surface area contributed by atoms with Crippen LogP contribution in [-0.4, -0.2) is 71.8 Å². The van der Waals surface area contributed by atoms with E-state index >= 15 is 0 Å². The van der Waals surface area contributed by atoms with Crippen LogP contribution in [0.3, 0.4) is 0 Å². The van der Waals surface area contributed by atoms with E-state index in [9.17, 15) is 18.0 Å². The maximum atomic E-state index is 12.7. The molecule has 1 aliphatic carbocycles. The minimum absolute atomic E-state index is 0.133. The summed E-state index contributed by atoms with van der Waals surface area (Å²) in [7, 11) is 0. The van der Waals surface area contributed by atoms with Crippen molar-refractivity contribution in [3.8, 4) is 0 Å². The van der Waals surface area contributed by atoms with Gasteiger partial charge in [0.05, 0.1) is 0 Å². The molecule has 1 saturated heterocycles. The fourth-order valence-electron chi connectivity index (χ4n) is 3.07. The molecule has 1 heterocycles. The maximum Gasteiger partial charge on any atom is 0.403 e. The number of hydrogen-bond acceptors (Lipinski definition) is 3. The maximum absolute atomic E-state index is 12.7. The molecule has 0 spiro atoms. The highest BCUT2D eigenvalue weighted by Crippen LogP contribution is 2.28. The van der Waals surface area contributed by atoms with Crippen LogP contribution in [0.25, 0.3) is 0 Å². The van der Waals surface area contributed by atoms with E-state index in [0.717, 1.165) is 19.3 Å². The van der Waals surface area contributed by atoms with Gasteiger partial charge in [0.1, 0.15) is 6.04 Å². The van der Waals surface area contributed by atoms with Crippen molar-refractivity contribution in [2.75, 3.05) is 32.4 Å². The summed E-state index contributed by atoms with van der Waals surface area (Å²) in [4.78, 5) is 15.2.